The smallest absolute Gasteiger partial charge is 0.316 e. The van der Waals surface area contributed by atoms with Gasteiger partial charge in [-0.05, 0) is 13.3 Å². The first-order chi connectivity index (χ1) is 8.11. The first-order valence-electron chi connectivity index (χ1n) is 5.78. The predicted octanol–water partition coefficient (Wildman–Crippen LogP) is 1.58. The fraction of sp³-hybridized carbons (Fsp3) is 0.583. The lowest BCUT2D eigenvalue weighted by atomic mass is 9.97. The summed E-state index contributed by atoms with van der Waals surface area (Å²) < 4.78 is 6.54. The lowest BCUT2D eigenvalue weighted by molar-refractivity contribution is -0.146. The van der Waals surface area contributed by atoms with Gasteiger partial charge in [0.15, 0.2) is 5.78 Å². The number of carbonyl (C=O) groups is 2. The maximum Gasteiger partial charge on any atom is 0.316 e. The third kappa shape index (κ3) is 3.15. The van der Waals surface area contributed by atoms with Crippen molar-refractivity contribution in [3.05, 3.63) is 18.2 Å². The van der Waals surface area contributed by atoms with Gasteiger partial charge in [-0.1, -0.05) is 13.3 Å². The third-order valence-corrected chi connectivity index (χ3v) is 2.53. The highest BCUT2D eigenvalue weighted by Crippen LogP contribution is 2.15. The van der Waals surface area contributed by atoms with Gasteiger partial charge in [-0.2, -0.15) is 0 Å². The monoisotopic (exact) mass is 238 g/mol. The zero-order valence-corrected chi connectivity index (χ0v) is 10.5. The minimum atomic E-state index is -0.713. The molecule has 5 nitrogen and oxygen atoms in total. The average Bonchev–Trinajstić information content (AvgIpc) is 2.71. The summed E-state index contributed by atoms with van der Waals surface area (Å²) in [6, 6.07) is 0. The van der Waals surface area contributed by atoms with Crippen LogP contribution in [-0.2, 0) is 16.6 Å². The van der Waals surface area contributed by atoms with Crippen LogP contribution in [0, 0.1) is 5.92 Å². The van der Waals surface area contributed by atoms with E-state index in [1.807, 2.05) is 6.92 Å². The number of ketones is 1. The zero-order chi connectivity index (χ0) is 12.8. The molecule has 0 aliphatic carbocycles. The number of ether oxygens (including phenoxy) is 1. The average molecular weight is 238 g/mol. The van der Waals surface area contributed by atoms with Gasteiger partial charge >= 0.3 is 5.97 Å². The van der Waals surface area contributed by atoms with Gasteiger partial charge in [0.05, 0.1) is 19.1 Å². The van der Waals surface area contributed by atoms with Crippen LogP contribution in [0.4, 0.5) is 0 Å². The molecule has 1 unspecified atom stereocenters. The lowest BCUT2D eigenvalue weighted by Crippen LogP contribution is -2.27. The van der Waals surface area contributed by atoms with Crippen molar-refractivity contribution in [3.63, 3.8) is 0 Å². The van der Waals surface area contributed by atoms with Crippen molar-refractivity contribution in [2.75, 3.05) is 6.61 Å². The Morgan fingerprint density at radius 1 is 1.47 bits per heavy atom. The minimum absolute atomic E-state index is 0.217. The van der Waals surface area contributed by atoms with Gasteiger partial charge in [0.1, 0.15) is 11.6 Å². The van der Waals surface area contributed by atoms with Crippen LogP contribution in [0.5, 0.6) is 0 Å². The molecule has 0 radical (unpaired) electrons. The molecule has 1 heterocycles. The molecule has 1 atom stereocenters. The summed E-state index contributed by atoms with van der Waals surface area (Å²) in [5.74, 6) is -1.37. The van der Waals surface area contributed by atoms with E-state index in [1.54, 1.807) is 24.9 Å². The van der Waals surface area contributed by atoms with Crippen LogP contribution in [0.1, 0.15) is 37.2 Å². The second kappa shape index (κ2) is 6.18. The molecule has 0 spiro atoms. The SMILES string of the molecule is CCCC(C(=O)OCC)C(=O)c1cncn1C. The van der Waals surface area contributed by atoms with E-state index in [-0.39, 0.29) is 12.4 Å². The molecule has 1 rings (SSSR count). The Hall–Kier alpha value is -1.65. The van der Waals surface area contributed by atoms with Gasteiger partial charge in [0, 0.05) is 7.05 Å². The summed E-state index contributed by atoms with van der Waals surface area (Å²) in [7, 11) is 1.73. The van der Waals surface area contributed by atoms with Gasteiger partial charge in [-0.15, -0.1) is 0 Å². The van der Waals surface area contributed by atoms with Crippen molar-refractivity contribution in [1.29, 1.82) is 0 Å². The van der Waals surface area contributed by atoms with Gasteiger partial charge in [0.25, 0.3) is 0 Å². The van der Waals surface area contributed by atoms with Crippen LogP contribution in [0.15, 0.2) is 12.5 Å². The minimum Gasteiger partial charge on any atom is -0.465 e. The fourth-order valence-electron chi connectivity index (χ4n) is 1.66. The maximum absolute atomic E-state index is 12.2. The van der Waals surface area contributed by atoms with E-state index in [9.17, 15) is 9.59 Å². The quantitative estimate of drug-likeness (QED) is 0.429. The second-order valence-corrected chi connectivity index (χ2v) is 3.85. The lowest BCUT2D eigenvalue weighted by Gasteiger charge is -2.13. The van der Waals surface area contributed by atoms with Crippen LogP contribution < -0.4 is 0 Å². The highest BCUT2D eigenvalue weighted by Gasteiger charge is 2.29. The Labute approximate surface area is 101 Å². The zero-order valence-electron chi connectivity index (χ0n) is 10.5. The van der Waals surface area contributed by atoms with Crippen LogP contribution in [0.25, 0.3) is 0 Å². The molecule has 0 aliphatic heterocycles. The number of imidazole rings is 1. The Kier molecular flexibility index (Phi) is 4.87. The number of carbonyl (C=O) groups excluding carboxylic acids is 2. The molecular formula is C12H18N2O3. The van der Waals surface area contributed by atoms with Gasteiger partial charge < -0.3 is 9.30 Å². The molecule has 94 valence electrons. The van der Waals surface area contributed by atoms with E-state index in [0.717, 1.165) is 6.42 Å². The van der Waals surface area contributed by atoms with E-state index in [0.29, 0.717) is 12.1 Å². The number of hydrogen-bond donors (Lipinski definition) is 0. The number of hydrogen-bond acceptors (Lipinski definition) is 4. The molecule has 0 saturated heterocycles. The Bertz CT molecular complexity index is 398. The van der Waals surface area contributed by atoms with Crippen molar-refractivity contribution in [2.24, 2.45) is 13.0 Å². The number of rotatable bonds is 6. The van der Waals surface area contributed by atoms with Gasteiger partial charge in [-0.3, -0.25) is 9.59 Å². The molecular weight excluding hydrogens is 220 g/mol. The molecule has 0 N–H and O–H groups in total. The Morgan fingerprint density at radius 2 is 2.18 bits per heavy atom. The predicted molar refractivity (Wildman–Crippen MR) is 62.6 cm³/mol. The van der Waals surface area contributed by atoms with E-state index < -0.39 is 11.9 Å². The molecule has 1 aromatic rings. The number of aryl methyl sites for hydroxylation is 1. The van der Waals surface area contributed by atoms with Crippen LogP contribution in [-0.4, -0.2) is 27.9 Å². The second-order valence-electron chi connectivity index (χ2n) is 3.85. The number of aromatic nitrogens is 2. The number of nitrogens with zero attached hydrogens (tertiary/aromatic N) is 2. The van der Waals surface area contributed by atoms with Gasteiger partial charge in [-0.25, -0.2) is 4.98 Å². The van der Waals surface area contributed by atoms with E-state index in [4.69, 9.17) is 4.74 Å². The van der Waals surface area contributed by atoms with E-state index >= 15 is 0 Å². The van der Waals surface area contributed by atoms with E-state index in [2.05, 4.69) is 4.98 Å². The van der Waals surface area contributed by atoms with Crippen molar-refractivity contribution >= 4 is 11.8 Å². The third-order valence-electron chi connectivity index (χ3n) is 2.53. The standard InChI is InChI=1S/C12H18N2O3/c1-4-6-9(12(16)17-5-2)11(15)10-7-13-8-14(10)3/h7-9H,4-6H2,1-3H3. The number of Topliss-reactive ketones (excluding diaryl/α,β-unsaturated/α-hetero) is 1. The van der Waals surface area contributed by atoms with Crippen molar-refractivity contribution in [3.8, 4) is 0 Å². The van der Waals surface area contributed by atoms with E-state index in [1.165, 1.54) is 6.20 Å². The normalized spacial score (nSPS) is 12.2. The molecule has 0 saturated carbocycles. The van der Waals surface area contributed by atoms with Crippen LogP contribution in [0.3, 0.4) is 0 Å². The van der Waals surface area contributed by atoms with Crippen molar-refractivity contribution in [1.82, 2.24) is 9.55 Å². The molecule has 0 fully saturated rings. The fourth-order valence-corrected chi connectivity index (χ4v) is 1.66. The first-order valence-corrected chi connectivity index (χ1v) is 5.78. The molecule has 0 aliphatic rings. The summed E-state index contributed by atoms with van der Waals surface area (Å²) in [5, 5.41) is 0. The molecule has 5 heteroatoms. The molecule has 1 aromatic heterocycles. The molecule has 17 heavy (non-hydrogen) atoms. The molecule has 0 bridgehead atoms. The highest BCUT2D eigenvalue weighted by molar-refractivity contribution is 6.07. The first kappa shape index (κ1) is 13.4. The highest BCUT2D eigenvalue weighted by atomic mass is 16.5. The van der Waals surface area contributed by atoms with Crippen molar-refractivity contribution < 1.29 is 14.3 Å². The maximum atomic E-state index is 12.2. The van der Waals surface area contributed by atoms with Crippen LogP contribution in [0.2, 0.25) is 0 Å². The van der Waals surface area contributed by atoms with Crippen LogP contribution >= 0.6 is 0 Å². The largest absolute Gasteiger partial charge is 0.465 e. The van der Waals surface area contributed by atoms with Gasteiger partial charge in [0.2, 0.25) is 0 Å². The Balaban J connectivity index is 2.88. The topological polar surface area (TPSA) is 61.2 Å². The summed E-state index contributed by atoms with van der Waals surface area (Å²) in [4.78, 5) is 27.8. The summed E-state index contributed by atoms with van der Waals surface area (Å²) in [6.07, 6.45) is 4.28. The molecule has 0 amide bonds. The summed E-state index contributed by atoms with van der Waals surface area (Å²) in [6.45, 7) is 3.95. The van der Waals surface area contributed by atoms with Crippen molar-refractivity contribution in [2.45, 2.75) is 26.7 Å². The summed E-state index contributed by atoms with van der Waals surface area (Å²) >= 11 is 0. The Morgan fingerprint density at radius 3 is 2.65 bits per heavy atom. The molecule has 0 aromatic carbocycles. The summed E-state index contributed by atoms with van der Waals surface area (Å²) in [5.41, 5.74) is 0.441. The number of esters is 1.